The number of phenols is 1. The largest absolute Gasteiger partial charge is 0.505 e. The number of benzene rings is 3. The summed E-state index contributed by atoms with van der Waals surface area (Å²) in [7, 11) is 0. The molecule has 1 heterocycles. The lowest BCUT2D eigenvalue weighted by Crippen LogP contribution is -1.95. The van der Waals surface area contributed by atoms with Gasteiger partial charge in [0, 0.05) is 33.0 Å². The molecule has 0 spiro atoms. The molecule has 32 heavy (non-hydrogen) atoms. The van der Waals surface area contributed by atoms with E-state index in [1.807, 2.05) is 22.6 Å². The van der Waals surface area contributed by atoms with Crippen molar-refractivity contribution in [2.24, 2.45) is 5.11 Å². The van der Waals surface area contributed by atoms with Gasteiger partial charge in [-0.2, -0.15) is 5.11 Å². The molecule has 0 bridgehead atoms. The van der Waals surface area contributed by atoms with Gasteiger partial charge in [0.25, 0.3) is 0 Å². The Morgan fingerprint density at radius 1 is 1.09 bits per heavy atom. The van der Waals surface area contributed by atoms with Crippen LogP contribution in [-0.2, 0) is 0 Å². The predicted octanol–water partition coefficient (Wildman–Crippen LogP) is 7.06. The molecule has 3 aromatic carbocycles. The van der Waals surface area contributed by atoms with Gasteiger partial charge in [0.2, 0.25) is 0 Å². The summed E-state index contributed by atoms with van der Waals surface area (Å²) < 4.78 is 33.8. The van der Waals surface area contributed by atoms with Gasteiger partial charge < -0.3 is 15.2 Å². The van der Waals surface area contributed by atoms with Crippen molar-refractivity contribution < 1.29 is 18.6 Å². The van der Waals surface area contributed by atoms with E-state index in [4.69, 9.17) is 10.3 Å². The first-order valence-electron chi connectivity index (χ1n) is 9.30. The molecule has 6 nitrogen and oxygen atoms in total. The second-order valence-corrected chi connectivity index (χ2v) is 7.92. The average molecular weight is 544 g/mol. The van der Waals surface area contributed by atoms with Crippen molar-refractivity contribution >= 4 is 44.9 Å². The van der Waals surface area contributed by atoms with Gasteiger partial charge >= 0.3 is 0 Å². The third kappa shape index (κ3) is 4.83. The Bertz CT molecular complexity index is 1340. The molecule has 0 unspecified atom stereocenters. The van der Waals surface area contributed by atoms with Crippen LogP contribution >= 0.6 is 22.6 Å². The second-order valence-electron chi connectivity index (χ2n) is 6.68. The van der Waals surface area contributed by atoms with Crippen molar-refractivity contribution in [3.8, 4) is 17.2 Å². The molecular formula is C23H15F2IN4O2. The molecule has 9 heteroatoms. The SMILES string of the molecule is N=N/C(=C\Nc1ccc(O)c(F)c1)c1ccc2c(Oc3cc(F)cc(I)c3)cccc2n1. The van der Waals surface area contributed by atoms with Crippen LogP contribution in [0.4, 0.5) is 14.5 Å². The molecule has 0 fully saturated rings. The summed E-state index contributed by atoms with van der Waals surface area (Å²) in [5.74, 6) is -0.725. The van der Waals surface area contributed by atoms with E-state index in [9.17, 15) is 13.9 Å². The predicted molar refractivity (Wildman–Crippen MR) is 126 cm³/mol. The number of aromatic hydroxyl groups is 1. The number of hydrogen-bond donors (Lipinski definition) is 3. The molecule has 3 N–H and O–H groups in total. The van der Waals surface area contributed by atoms with Crippen LogP contribution in [0.15, 0.2) is 78.0 Å². The summed E-state index contributed by atoms with van der Waals surface area (Å²) in [6.07, 6.45) is 1.42. The van der Waals surface area contributed by atoms with E-state index in [2.05, 4.69) is 15.4 Å². The minimum atomic E-state index is -0.767. The Hall–Kier alpha value is -3.60. The van der Waals surface area contributed by atoms with Crippen molar-refractivity contribution in [2.45, 2.75) is 0 Å². The lowest BCUT2D eigenvalue weighted by atomic mass is 10.1. The highest BCUT2D eigenvalue weighted by Crippen LogP contribution is 2.31. The van der Waals surface area contributed by atoms with Crippen molar-refractivity contribution in [3.05, 3.63) is 93.8 Å². The zero-order valence-electron chi connectivity index (χ0n) is 16.3. The summed E-state index contributed by atoms with van der Waals surface area (Å²) in [6.45, 7) is 0. The van der Waals surface area contributed by atoms with Crippen molar-refractivity contribution in [1.29, 1.82) is 5.53 Å². The van der Waals surface area contributed by atoms with Crippen LogP contribution in [0.25, 0.3) is 16.6 Å². The van der Waals surface area contributed by atoms with Crippen LogP contribution < -0.4 is 10.1 Å². The lowest BCUT2D eigenvalue weighted by Gasteiger charge is -2.10. The number of ether oxygens (including phenoxy) is 1. The standard InChI is InChI=1S/C23H15F2IN4O2/c24-13-8-14(26)10-16(9-13)32-23-3-1-2-19-17(23)5-6-20(29-19)21(30-27)12-28-15-4-7-22(31)18(25)11-15/h1-12,27-28,31H/b21-12-,30-27?. The van der Waals surface area contributed by atoms with Gasteiger partial charge in [-0.25, -0.2) is 19.3 Å². The fourth-order valence-electron chi connectivity index (χ4n) is 2.98. The summed E-state index contributed by atoms with van der Waals surface area (Å²) >= 11 is 2.02. The zero-order valence-corrected chi connectivity index (χ0v) is 18.5. The first-order valence-corrected chi connectivity index (χ1v) is 10.4. The van der Waals surface area contributed by atoms with Crippen molar-refractivity contribution in [2.75, 3.05) is 5.32 Å². The second kappa shape index (κ2) is 9.27. The van der Waals surface area contributed by atoms with E-state index in [1.54, 1.807) is 36.4 Å². The van der Waals surface area contributed by atoms with Crippen LogP contribution in [0.5, 0.6) is 17.2 Å². The number of anilines is 1. The van der Waals surface area contributed by atoms with Crippen molar-refractivity contribution in [1.82, 2.24) is 4.98 Å². The van der Waals surface area contributed by atoms with Crippen molar-refractivity contribution in [3.63, 3.8) is 0 Å². The van der Waals surface area contributed by atoms with E-state index in [0.717, 1.165) is 6.07 Å². The highest BCUT2D eigenvalue weighted by atomic mass is 127. The normalized spacial score (nSPS) is 11.4. The molecule has 0 saturated heterocycles. The Kier molecular flexibility index (Phi) is 6.26. The van der Waals surface area contributed by atoms with E-state index < -0.39 is 11.6 Å². The van der Waals surface area contributed by atoms with E-state index in [1.165, 1.54) is 30.5 Å². The van der Waals surface area contributed by atoms with Gasteiger partial charge in [-0.15, -0.1) is 0 Å². The zero-order chi connectivity index (χ0) is 22.7. The fourth-order valence-corrected chi connectivity index (χ4v) is 3.59. The molecule has 4 rings (SSSR count). The Labute approximate surface area is 195 Å². The summed E-state index contributed by atoms with van der Waals surface area (Å²) in [5.41, 5.74) is 9.08. The average Bonchev–Trinajstić information content (AvgIpc) is 2.76. The molecule has 0 aliphatic carbocycles. The lowest BCUT2D eigenvalue weighted by molar-refractivity contribution is 0.432. The molecule has 0 aliphatic heterocycles. The number of nitrogens with one attached hydrogen (secondary N) is 2. The number of fused-ring (bicyclic) bond motifs is 1. The number of halogens is 3. The number of aromatic nitrogens is 1. The highest BCUT2D eigenvalue weighted by molar-refractivity contribution is 14.1. The van der Waals surface area contributed by atoms with Gasteiger partial charge in [0.1, 0.15) is 23.0 Å². The molecule has 0 aliphatic rings. The Balaban J connectivity index is 1.63. The first kappa shape index (κ1) is 21.6. The van der Waals surface area contributed by atoms with Crippen LogP contribution in [0.2, 0.25) is 0 Å². The summed E-state index contributed by atoms with van der Waals surface area (Å²) in [6, 6.07) is 17.0. The molecule has 0 amide bonds. The van der Waals surface area contributed by atoms with Gasteiger partial charge in [-0.3, -0.25) is 0 Å². The molecule has 160 valence electrons. The quantitative estimate of drug-likeness (QED) is 0.138. The van der Waals surface area contributed by atoms with E-state index in [-0.39, 0.29) is 11.5 Å². The maximum atomic E-state index is 13.7. The highest BCUT2D eigenvalue weighted by Gasteiger charge is 2.10. The monoisotopic (exact) mass is 544 g/mol. The van der Waals surface area contributed by atoms with Gasteiger partial charge in [-0.05, 0) is 71.1 Å². The maximum absolute atomic E-state index is 13.7. The number of phenolic OH excluding ortho intramolecular Hbond substituents is 1. The molecule has 0 radical (unpaired) electrons. The third-order valence-corrected chi connectivity index (χ3v) is 5.08. The van der Waals surface area contributed by atoms with Crippen LogP contribution in [0.3, 0.4) is 0 Å². The minimum Gasteiger partial charge on any atom is -0.505 e. The van der Waals surface area contributed by atoms with Gasteiger partial charge in [0.05, 0.1) is 11.2 Å². The molecule has 0 saturated carbocycles. The minimum absolute atomic E-state index is 0.214. The summed E-state index contributed by atoms with van der Waals surface area (Å²) in [4.78, 5) is 4.54. The molecular weight excluding hydrogens is 529 g/mol. The Morgan fingerprint density at radius 2 is 1.94 bits per heavy atom. The maximum Gasteiger partial charge on any atom is 0.166 e. The number of pyridine rings is 1. The van der Waals surface area contributed by atoms with Crippen LogP contribution in [-0.4, -0.2) is 10.1 Å². The van der Waals surface area contributed by atoms with E-state index >= 15 is 0 Å². The van der Waals surface area contributed by atoms with Crippen LogP contribution in [0, 0.1) is 20.7 Å². The number of nitrogens with zero attached hydrogens (tertiary/aromatic N) is 2. The van der Waals surface area contributed by atoms with Crippen LogP contribution in [0.1, 0.15) is 5.69 Å². The number of hydrogen-bond acceptors (Lipinski definition) is 6. The van der Waals surface area contributed by atoms with Gasteiger partial charge in [0.15, 0.2) is 11.6 Å². The van der Waals surface area contributed by atoms with Gasteiger partial charge in [-0.1, -0.05) is 6.07 Å². The third-order valence-electron chi connectivity index (χ3n) is 4.46. The Morgan fingerprint density at radius 3 is 2.69 bits per heavy atom. The first-order chi connectivity index (χ1) is 15.4. The summed E-state index contributed by atoms with van der Waals surface area (Å²) in [5, 5.41) is 16.3. The number of rotatable bonds is 6. The fraction of sp³-hybridized carbons (Fsp3) is 0. The molecule has 1 aromatic heterocycles. The molecule has 0 atom stereocenters. The van der Waals surface area contributed by atoms with E-state index in [0.29, 0.717) is 37.4 Å². The molecule has 4 aromatic rings. The topological polar surface area (TPSA) is 90.6 Å². The smallest absolute Gasteiger partial charge is 0.166 e.